The molecule has 0 saturated heterocycles. The third-order valence-corrected chi connectivity index (χ3v) is 4.85. The summed E-state index contributed by atoms with van der Waals surface area (Å²) in [5.41, 5.74) is 0.106. The Morgan fingerprint density at radius 2 is 1.75 bits per heavy atom. The van der Waals surface area contributed by atoms with Crippen LogP contribution in [0.5, 0.6) is 0 Å². The molecule has 1 aliphatic rings. The first-order valence-electron chi connectivity index (χ1n) is 6.59. The van der Waals surface area contributed by atoms with Gasteiger partial charge in [-0.3, -0.25) is 0 Å². The lowest BCUT2D eigenvalue weighted by atomic mass is 9.79. The van der Waals surface area contributed by atoms with Gasteiger partial charge in [0.05, 0.1) is 5.56 Å². The predicted molar refractivity (Wildman–Crippen MR) is 75.1 cm³/mol. The summed E-state index contributed by atoms with van der Waals surface area (Å²) in [6.45, 7) is 0. The predicted octanol–water partition coefficient (Wildman–Crippen LogP) is 6.03. The number of hydrogen-bond acceptors (Lipinski definition) is 0. The molecule has 0 unspecified atom stereocenters. The van der Waals surface area contributed by atoms with Gasteiger partial charge in [-0.1, -0.05) is 22.0 Å². The van der Waals surface area contributed by atoms with Crippen LogP contribution in [0, 0.1) is 11.7 Å². The molecule has 1 saturated carbocycles. The summed E-state index contributed by atoms with van der Waals surface area (Å²) in [5.74, 6) is -1.82. The van der Waals surface area contributed by atoms with Crippen molar-refractivity contribution < 1.29 is 17.6 Å². The van der Waals surface area contributed by atoms with E-state index in [0.717, 1.165) is 42.6 Å². The first kappa shape index (κ1) is 15.5. The molecule has 0 N–H and O–H groups in total. The van der Waals surface area contributed by atoms with Crippen LogP contribution in [-0.4, -0.2) is 5.33 Å². The Balaban J connectivity index is 2.16. The molecule has 0 bridgehead atoms. The van der Waals surface area contributed by atoms with E-state index in [0.29, 0.717) is 5.92 Å². The normalized spacial score (nSPS) is 22.6. The third kappa shape index (κ3) is 3.43. The maximum atomic E-state index is 13.7. The fourth-order valence-electron chi connectivity index (χ4n) is 2.72. The highest BCUT2D eigenvalue weighted by Gasteiger charge is 2.23. The quantitative estimate of drug-likeness (QED) is 0.461. The third-order valence-electron chi connectivity index (χ3n) is 3.93. The number of hydrogen-bond donors (Lipinski definition) is 0. The number of benzene rings is 1. The second kappa shape index (κ2) is 6.74. The topological polar surface area (TPSA) is 0 Å². The lowest BCUT2D eigenvalue weighted by Gasteiger charge is -2.27. The maximum absolute atomic E-state index is 13.7. The van der Waals surface area contributed by atoms with Gasteiger partial charge in [0.2, 0.25) is 0 Å². The molecule has 0 spiro atoms. The SMILES string of the molecule is FC(F)=C(F)c1ccc(C2CCC(CBr)CC2)cc1F. The Hall–Kier alpha value is -0.840. The maximum Gasteiger partial charge on any atom is 0.306 e. The second-order valence-corrected chi connectivity index (χ2v) is 5.83. The van der Waals surface area contributed by atoms with E-state index in [2.05, 4.69) is 15.9 Å². The summed E-state index contributed by atoms with van der Waals surface area (Å²) in [6.07, 6.45) is 1.53. The molecule has 1 aromatic rings. The molecule has 0 amide bonds. The van der Waals surface area contributed by atoms with Crippen molar-refractivity contribution >= 4 is 21.8 Å². The molecule has 1 aromatic carbocycles. The minimum Gasteiger partial charge on any atom is -0.206 e. The molecular formula is C15H15BrF4. The van der Waals surface area contributed by atoms with Gasteiger partial charge in [-0.15, -0.1) is 0 Å². The fourth-order valence-corrected chi connectivity index (χ4v) is 3.36. The summed E-state index contributed by atoms with van der Waals surface area (Å²) in [5, 5.41) is 0.971. The first-order valence-corrected chi connectivity index (χ1v) is 7.71. The number of halogens is 5. The molecule has 0 nitrogen and oxygen atoms in total. The van der Waals surface area contributed by atoms with Crippen molar-refractivity contribution in [1.29, 1.82) is 0 Å². The molecule has 5 heteroatoms. The molecule has 1 fully saturated rings. The molecule has 2 rings (SSSR count). The van der Waals surface area contributed by atoms with Gasteiger partial charge in [-0.05, 0) is 55.2 Å². The molecule has 1 aliphatic carbocycles. The monoisotopic (exact) mass is 350 g/mol. The fraction of sp³-hybridized carbons (Fsp3) is 0.467. The summed E-state index contributed by atoms with van der Waals surface area (Å²) in [7, 11) is 0. The van der Waals surface area contributed by atoms with E-state index in [1.165, 1.54) is 6.07 Å². The van der Waals surface area contributed by atoms with Crippen molar-refractivity contribution in [2.24, 2.45) is 5.92 Å². The van der Waals surface area contributed by atoms with Crippen LogP contribution in [0.15, 0.2) is 24.3 Å². The van der Waals surface area contributed by atoms with Gasteiger partial charge in [0, 0.05) is 5.33 Å². The standard InChI is InChI=1S/C15H15BrF4/c16-8-9-1-3-10(4-2-9)11-5-6-12(13(17)7-11)14(18)15(19)20/h5-7,9-10H,1-4,8H2. The van der Waals surface area contributed by atoms with E-state index in [1.54, 1.807) is 6.07 Å². The number of rotatable bonds is 3. The van der Waals surface area contributed by atoms with Crippen LogP contribution in [0.1, 0.15) is 42.7 Å². The van der Waals surface area contributed by atoms with Crippen LogP contribution < -0.4 is 0 Å². The highest BCUT2D eigenvalue weighted by Crippen LogP contribution is 2.37. The lowest BCUT2D eigenvalue weighted by Crippen LogP contribution is -2.14. The highest BCUT2D eigenvalue weighted by atomic mass is 79.9. The van der Waals surface area contributed by atoms with E-state index in [4.69, 9.17) is 0 Å². The molecule has 0 heterocycles. The van der Waals surface area contributed by atoms with Crippen LogP contribution in [-0.2, 0) is 0 Å². The van der Waals surface area contributed by atoms with E-state index >= 15 is 0 Å². The molecular weight excluding hydrogens is 336 g/mol. The van der Waals surface area contributed by atoms with Crippen molar-refractivity contribution in [2.45, 2.75) is 31.6 Å². The van der Waals surface area contributed by atoms with Crippen LogP contribution in [0.4, 0.5) is 17.6 Å². The van der Waals surface area contributed by atoms with Gasteiger partial charge in [0.1, 0.15) is 5.82 Å². The van der Waals surface area contributed by atoms with Gasteiger partial charge in [-0.2, -0.15) is 8.78 Å². The van der Waals surface area contributed by atoms with Crippen molar-refractivity contribution in [3.05, 3.63) is 41.2 Å². The molecule has 110 valence electrons. The zero-order valence-corrected chi connectivity index (χ0v) is 12.4. The molecule has 0 atom stereocenters. The van der Waals surface area contributed by atoms with Gasteiger partial charge in [0.25, 0.3) is 0 Å². The van der Waals surface area contributed by atoms with E-state index < -0.39 is 23.3 Å². The Morgan fingerprint density at radius 3 is 2.25 bits per heavy atom. The zero-order chi connectivity index (χ0) is 14.7. The second-order valence-electron chi connectivity index (χ2n) is 5.19. The van der Waals surface area contributed by atoms with E-state index in [-0.39, 0.29) is 5.92 Å². The Bertz CT molecular complexity index is 501. The number of alkyl halides is 1. The van der Waals surface area contributed by atoms with Crippen molar-refractivity contribution in [3.8, 4) is 0 Å². The Labute approximate surface area is 124 Å². The van der Waals surface area contributed by atoms with Crippen LogP contribution in [0.3, 0.4) is 0 Å². The lowest BCUT2D eigenvalue weighted by molar-refractivity contribution is 0.353. The van der Waals surface area contributed by atoms with Gasteiger partial charge in [0.15, 0.2) is 5.83 Å². The van der Waals surface area contributed by atoms with E-state index in [9.17, 15) is 17.6 Å². The minimum absolute atomic E-state index is 0.233. The average Bonchev–Trinajstić information content (AvgIpc) is 2.46. The summed E-state index contributed by atoms with van der Waals surface area (Å²) in [6, 6.07) is 3.85. The van der Waals surface area contributed by atoms with Crippen molar-refractivity contribution in [3.63, 3.8) is 0 Å². The van der Waals surface area contributed by atoms with Gasteiger partial charge >= 0.3 is 6.08 Å². The smallest absolute Gasteiger partial charge is 0.206 e. The Morgan fingerprint density at radius 1 is 1.10 bits per heavy atom. The van der Waals surface area contributed by atoms with Gasteiger partial charge < -0.3 is 0 Å². The molecule has 20 heavy (non-hydrogen) atoms. The first-order chi connectivity index (χ1) is 9.52. The highest BCUT2D eigenvalue weighted by molar-refractivity contribution is 9.09. The largest absolute Gasteiger partial charge is 0.306 e. The van der Waals surface area contributed by atoms with Crippen LogP contribution in [0.2, 0.25) is 0 Å². The Kier molecular flexibility index (Phi) is 5.24. The minimum atomic E-state index is -2.49. The van der Waals surface area contributed by atoms with Gasteiger partial charge in [-0.25, -0.2) is 8.78 Å². The van der Waals surface area contributed by atoms with Crippen molar-refractivity contribution in [1.82, 2.24) is 0 Å². The van der Waals surface area contributed by atoms with Crippen LogP contribution >= 0.6 is 15.9 Å². The molecule has 0 radical (unpaired) electrons. The van der Waals surface area contributed by atoms with Crippen molar-refractivity contribution in [2.75, 3.05) is 5.33 Å². The van der Waals surface area contributed by atoms with Crippen LogP contribution in [0.25, 0.3) is 5.83 Å². The zero-order valence-electron chi connectivity index (χ0n) is 10.8. The summed E-state index contributed by atoms with van der Waals surface area (Å²) in [4.78, 5) is 0. The molecule has 0 aromatic heterocycles. The van der Waals surface area contributed by atoms with E-state index in [1.807, 2.05) is 0 Å². The molecule has 0 aliphatic heterocycles. The average molecular weight is 351 g/mol. The summed E-state index contributed by atoms with van der Waals surface area (Å²) >= 11 is 3.46. The summed E-state index contributed by atoms with van der Waals surface area (Å²) < 4.78 is 51.1.